The summed E-state index contributed by atoms with van der Waals surface area (Å²) >= 11 is 6.30. The van der Waals surface area contributed by atoms with Crippen molar-refractivity contribution in [2.75, 3.05) is 20.8 Å². The summed E-state index contributed by atoms with van der Waals surface area (Å²) < 4.78 is 34.4. The van der Waals surface area contributed by atoms with Gasteiger partial charge in [-0.15, -0.1) is 0 Å². The predicted molar refractivity (Wildman–Crippen MR) is 108 cm³/mol. The Morgan fingerprint density at radius 2 is 2.00 bits per heavy atom. The van der Waals surface area contributed by atoms with E-state index in [1.54, 1.807) is 12.1 Å². The quantitative estimate of drug-likeness (QED) is 0.646. The minimum absolute atomic E-state index is 0.0720. The Hall–Kier alpha value is -2.54. The average molecular weight is 418 g/mol. The third-order valence-electron chi connectivity index (χ3n) is 5.13. The van der Waals surface area contributed by atoms with Gasteiger partial charge in [-0.05, 0) is 42.5 Å². The summed E-state index contributed by atoms with van der Waals surface area (Å²) in [5.74, 6) is 0.185. The van der Waals surface area contributed by atoms with Crippen LogP contribution in [-0.2, 0) is 4.74 Å². The lowest BCUT2D eigenvalue weighted by Gasteiger charge is -2.25. The van der Waals surface area contributed by atoms with Crippen LogP contribution in [0.5, 0.6) is 11.5 Å². The monoisotopic (exact) mass is 417 g/mol. The molecule has 2 aromatic carbocycles. The van der Waals surface area contributed by atoms with E-state index in [9.17, 15) is 5.11 Å². The van der Waals surface area contributed by atoms with Crippen LogP contribution in [0.1, 0.15) is 35.4 Å². The molecule has 1 aliphatic rings. The zero-order valence-corrected chi connectivity index (χ0v) is 16.8. The fourth-order valence-electron chi connectivity index (χ4n) is 3.87. The molecule has 152 valence electrons. The van der Waals surface area contributed by atoms with Crippen LogP contribution >= 0.6 is 11.6 Å². The van der Waals surface area contributed by atoms with Crippen LogP contribution < -0.4 is 9.47 Å². The van der Waals surface area contributed by atoms with Crippen molar-refractivity contribution in [3.8, 4) is 17.2 Å². The number of hydrogen-bond acceptors (Lipinski definition) is 4. The maximum absolute atomic E-state index is 15.1. The summed E-state index contributed by atoms with van der Waals surface area (Å²) in [5, 5.41) is 10.1. The van der Waals surface area contributed by atoms with E-state index in [1.165, 1.54) is 26.4 Å². The van der Waals surface area contributed by atoms with Crippen LogP contribution in [0.15, 0.2) is 48.7 Å². The van der Waals surface area contributed by atoms with E-state index in [0.717, 1.165) is 11.4 Å². The molecule has 0 saturated heterocycles. The molecule has 1 aromatic heterocycles. The minimum atomic E-state index is -0.815. The molecule has 0 bridgehead atoms. The standard InChI is InChI=1S/C22H21ClFNO4/c1-27-19-8-6-15(24)20(22(19)28-2)21-14-12-13(23)5-7-16(14)25-10-3-4-17(25)18(29-21)9-11-26/h3-8,10,12,18,21,26H,9,11H2,1-2H3/t18-,21+/m1/s1. The Labute approximate surface area is 173 Å². The van der Waals surface area contributed by atoms with Gasteiger partial charge in [0.1, 0.15) is 18.0 Å². The number of benzene rings is 2. The number of fused-ring (bicyclic) bond motifs is 3. The number of ether oxygens (including phenoxy) is 3. The Morgan fingerprint density at radius 1 is 1.17 bits per heavy atom. The summed E-state index contributed by atoms with van der Waals surface area (Å²) in [5.41, 5.74) is 2.61. The van der Waals surface area contributed by atoms with Crippen LogP contribution in [0.4, 0.5) is 4.39 Å². The summed E-state index contributed by atoms with van der Waals surface area (Å²) in [4.78, 5) is 0. The van der Waals surface area contributed by atoms with Gasteiger partial charge >= 0.3 is 0 Å². The fraction of sp³-hybridized carbons (Fsp3) is 0.273. The molecule has 7 heteroatoms. The van der Waals surface area contributed by atoms with Gasteiger partial charge in [0.2, 0.25) is 0 Å². The first kappa shape index (κ1) is 19.8. The second-order valence-corrected chi connectivity index (χ2v) is 7.16. The first-order valence-corrected chi connectivity index (χ1v) is 9.60. The second-order valence-electron chi connectivity index (χ2n) is 6.72. The molecule has 1 N–H and O–H groups in total. The van der Waals surface area contributed by atoms with Crippen molar-refractivity contribution < 1.29 is 23.7 Å². The van der Waals surface area contributed by atoms with E-state index in [-0.39, 0.29) is 17.9 Å². The van der Waals surface area contributed by atoms with Gasteiger partial charge in [-0.2, -0.15) is 0 Å². The van der Waals surface area contributed by atoms with Crippen molar-refractivity contribution in [3.05, 3.63) is 76.3 Å². The molecule has 2 heterocycles. The molecule has 0 radical (unpaired) electrons. The summed E-state index contributed by atoms with van der Waals surface area (Å²) in [6, 6.07) is 12.1. The van der Waals surface area contributed by atoms with Crippen molar-refractivity contribution in [1.29, 1.82) is 0 Å². The topological polar surface area (TPSA) is 52.8 Å². The molecular formula is C22H21ClFNO4. The SMILES string of the molecule is COc1ccc(F)c([C@H]2O[C@H](CCO)c3cccn3-c3ccc(Cl)cc32)c1OC. The predicted octanol–water partition coefficient (Wildman–Crippen LogP) is 4.83. The van der Waals surface area contributed by atoms with Gasteiger partial charge in [0.15, 0.2) is 11.5 Å². The normalized spacial score (nSPS) is 18.0. The molecule has 0 spiro atoms. The van der Waals surface area contributed by atoms with Gasteiger partial charge in [0.05, 0.1) is 31.2 Å². The van der Waals surface area contributed by atoms with Crippen LogP contribution in [0.3, 0.4) is 0 Å². The van der Waals surface area contributed by atoms with E-state index in [4.69, 9.17) is 25.8 Å². The summed E-state index contributed by atoms with van der Waals surface area (Å²) in [7, 11) is 2.96. The first-order valence-electron chi connectivity index (χ1n) is 9.22. The van der Waals surface area contributed by atoms with Crippen LogP contribution in [-0.4, -0.2) is 30.5 Å². The Balaban J connectivity index is 1.99. The number of aromatic nitrogens is 1. The lowest BCUT2D eigenvalue weighted by atomic mass is 9.97. The smallest absolute Gasteiger partial charge is 0.169 e. The number of methoxy groups -OCH3 is 2. The molecular weight excluding hydrogens is 397 g/mol. The number of halogens is 2. The van der Waals surface area contributed by atoms with Crippen LogP contribution in [0.2, 0.25) is 5.02 Å². The van der Waals surface area contributed by atoms with E-state index in [1.807, 2.05) is 29.0 Å². The molecule has 0 amide bonds. The highest BCUT2D eigenvalue weighted by molar-refractivity contribution is 6.30. The zero-order chi connectivity index (χ0) is 20.5. The first-order chi connectivity index (χ1) is 14.1. The van der Waals surface area contributed by atoms with Gasteiger partial charge < -0.3 is 23.9 Å². The fourth-order valence-corrected chi connectivity index (χ4v) is 4.05. The van der Waals surface area contributed by atoms with Gasteiger partial charge in [-0.3, -0.25) is 0 Å². The van der Waals surface area contributed by atoms with Gasteiger partial charge in [0, 0.05) is 29.8 Å². The number of aliphatic hydroxyl groups excluding tert-OH is 1. The number of nitrogens with zero attached hydrogens (tertiary/aromatic N) is 1. The number of aliphatic hydroxyl groups is 1. The van der Waals surface area contributed by atoms with Crippen LogP contribution in [0, 0.1) is 5.82 Å². The van der Waals surface area contributed by atoms with Crippen molar-refractivity contribution in [2.45, 2.75) is 18.6 Å². The molecule has 3 aromatic rings. The van der Waals surface area contributed by atoms with Crippen molar-refractivity contribution in [2.24, 2.45) is 0 Å². The lowest BCUT2D eigenvalue weighted by Crippen LogP contribution is -2.14. The Bertz CT molecular complexity index is 1040. The van der Waals surface area contributed by atoms with Crippen molar-refractivity contribution in [1.82, 2.24) is 4.57 Å². The molecule has 0 saturated carbocycles. The zero-order valence-electron chi connectivity index (χ0n) is 16.1. The molecule has 0 fully saturated rings. The Morgan fingerprint density at radius 3 is 2.72 bits per heavy atom. The highest BCUT2D eigenvalue weighted by atomic mass is 35.5. The molecule has 1 aliphatic heterocycles. The van der Waals surface area contributed by atoms with E-state index in [0.29, 0.717) is 22.8 Å². The third kappa shape index (κ3) is 3.37. The Kier molecular flexibility index (Phi) is 5.50. The van der Waals surface area contributed by atoms with Gasteiger partial charge in [-0.25, -0.2) is 4.39 Å². The maximum Gasteiger partial charge on any atom is 0.169 e. The van der Waals surface area contributed by atoms with E-state index < -0.39 is 18.0 Å². The maximum atomic E-state index is 15.1. The largest absolute Gasteiger partial charge is 0.493 e. The number of hydrogen-bond donors (Lipinski definition) is 1. The number of rotatable bonds is 5. The highest BCUT2D eigenvalue weighted by Crippen LogP contribution is 2.47. The minimum Gasteiger partial charge on any atom is -0.493 e. The lowest BCUT2D eigenvalue weighted by molar-refractivity contribution is -0.00872. The van der Waals surface area contributed by atoms with Gasteiger partial charge in [-0.1, -0.05) is 11.6 Å². The summed E-state index contributed by atoms with van der Waals surface area (Å²) in [6.07, 6.45) is 1.000. The van der Waals surface area contributed by atoms with E-state index in [2.05, 4.69) is 0 Å². The molecule has 4 rings (SSSR count). The van der Waals surface area contributed by atoms with Crippen LogP contribution in [0.25, 0.3) is 5.69 Å². The van der Waals surface area contributed by atoms with Crippen molar-refractivity contribution >= 4 is 11.6 Å². The molecule has 5 nitrogen and oxygen atoms in total. The van der Waals surface area contributed by atoms with Crippen molar-refractivity contribution in [3.63, 3.8) is 0 Å². The third-order valence-corrected chi connectivity index (χ3v) is 5.36. The molecule has 0 unspecified atom stereocenters. The highest BCUT2D eigenvalue weighted by Gasteiger charge is 2.34. The van der Waals surface area contributed by atoms with E-state index >= 15 is 4.39 Å². The summed E-state index contributed by atoms with van der Waals surface area (Å²) in [6.45, 7) is -0.0720. The van der Waals surface area contributed by atoms with Gasteiger partial charge in [0.25, 0.3) is 0 Å². The molecule has 2 atom stereocenters. The molecule has 29 heavy (non-hydrogen) atoms. The molecule has 0 aliphatic carbocycles. The average Bonchev–Trinajstić information content (AvgIpc) is 3.16. The second kappa shape index (κ2) is 8.06.